The monoisotopic (exact) mass is 221 g/mol. The zero-order valence-corrected chi connectivity index (χ0v) is 8.77. The quantitative estimate of drug-likeness (QED) is 0.730. The van der Waals surface area contributed by atoms with E-state index in [0.29, 0.717) is 16.3 Å². The summed E-state index contributed by atoms with van der Waals surface area (Å²) in [4.78, 5) is 14.9. The van der Waals surface area contributed by atoms with E-state index in [4.69, 9.17) is 11.6 Å². The van der Waals surface area contributed by atoms with Gasteiger partial charge in [-0.3, -0.25) is 4.79 Å². The molecule has 0 saturated carbocycles. The largest absolute Gasteiger partial charge is 0.295 e. The Balaban J connectivity index is 2.48. The number of benzene rings is 1. The van der Waals surface area contributed by atoms with Gasteiger partial charge in [0, 0.05) is 5.56 Å². The summed E-state index contributed by atoms with van der Waals surface area (Å²) in [7, 11) is 0. The summed E-state index contributed by atoms with van der Waals surface area (Å²) < 4.78 is 1.55. The first-order valence-electron chi connectivity index (χ1n) is 4.34. The standard InChI is InChI=1S/C10H8ClN3O/c1-7(15)8-2-3-10(9(11)4-8)14-6-12-5-13-14/h2-6H,1H3. The van der Waals surface area contributed by atoms with Crippen molar-refractivity contribution < 1.29 is 4.79 Å². The molecule has 5 heteroatoms. The molecular weight excluding hydrogens is 214 g/mol. The lowest BCUT2D eigenvalue weighted by molar-refractivity contribution is 0.101. The van der Waals surface area contributed by atoms with Crippen LogP contribution in [-0.2, 0) is 0 Å². The van der Waals surface area contributed by atoms with Gasteiger partial charge in [-0.25, -0.2) is 9.67 Å². The molecule has 15 heavy (non-hydrogen) atoms. The van der Waals surface area contributed by atoms with Crippen LogP contribution in [0.1, 0.15) is 17.3 Å². The fourth-order valence-electron chi connectivity index (χ4n) is 1.24. The third kappa shape index (κ3) is 1.89. The van der Waals surface area contributed by atoms with Gasteiger partial charge in [0.25, 0.3) is 0 Å². The molecule has 0 saturated heterocycles. The van der Waals surface area contributed by atoms with Crippen LogP contribution in [0.4, 0.5) is 0 Å². The number of aromatic nitrogens is 3. The second kappa shape index (κ2) is 3.82. The molecule has 0 atom stereocenters. The van der Waals surface area contributed by atoms with Crippen LogP contribution in [0.3, 0.4) is 0 Å². The highest BCUT2D eigenvalue weighted by molar-refractivity contribution is 6.32. The minimum absolute atomic E-state index is 0.0120. The molecule has 0 fully saturated rings. The maximum absolute atomic E-state index is 11.1. The molecule has 0 amide bonds. The minimum atomic E-state index is -0.0120. The Hall–Kier alpha value is -1.68. The second-order valence-corrected chi connectivity index (χ2v) is 3.47. The SMILES string of the molecule is CC(=O)c1ccc(-n2cncn2)c(Cl)c1. The molecule has 2 aromatic rings. The highest BCUT2D eigenvalue weighted by Gasteiger charge is 2.06. The Labute approximate surface area is 91.5 Å². The van der Waals surface area contributed by atoms with Crippen LogP contribution in [0.25, 0.3) is 5.69 Å². The van der Waals surface area contributed by atoms with E-state index in [-0.39, 0.29) is 5.78 Å². The number of hydrogen-bond donors (Lipinski definition) is 0. The second-order valence-electron chi connectivity index (χ2n) is 3.06. The molecule has 4 nitrogen and oxygen atoms in total. The Kier molecular flexibility index (Phi) is 2.51. The van der Waals surface area contributed by atoms with Gasteiger partial charge in [-0.1, -0.05) is 11.6 Å². The zero-order chi connectivity index (χ0) is 10.8. The molecule has 0 bridgehead atoms. The summed E-state index contributed by atoms with van der Waals surface area (Å²) in [6.45, 7) is 1.50. The number of Topliss-reactive ketones (excluding diaryl/α,β-unsaturated/α-hetero) is 1. The van der Waals surface area contributed by atoms with Crippen molar-refractivity contribution in [1.82, 2.24) is 14.8 Å². The van der Waals surface area contributed by atoms with Crippen molar-refractivity contribution in [3.05, 3.63) is 41.4 Å². The summed E-state index contributed by atoms with van der Waals surface area (Å²) >= 11 is 6.02. The molecule has 2 rings (SSSR count). The van der Waals surface area contributed by atoms with Crippen molar-refractivity contribution in [2.24, 2.45) is 0 Å². The number of nitrogens with zero attached hydrogens (tertiary/aromatic N) is 3. The summed E-state index contributed by atoms with van der Waals surface area (Å²) in [5.74, 6) is -0.0120. The van der Waals surface area contributed by atoms with Crippen LogP contribution in [-0.4, -0.2) is 20.5 Å². The van der Waals surface area contributed by atoms with Gasteiger partial charge in [-0.2, -0.15) is 5.10 Å². The average Bonchev–Trinajstić information content (AvgIpc) is 2.70. The summed E-state index contributed by atoms with van der Waals surface area (Å²) in [5, 5.41) is 4.44. The summed E-state index contributed by atoms with van der Waals surface area (Å²) in [5.41, 5.74) is 1.29. The van der Waals surface area contributed by atoms with Gasteiger partial charge in [-0.15, -0.1) is 0 Å². The molecular formula is C10H8ClN3O. The van der Waals surface area contributed by atoms with E-state index < -0.39 is 0 Å². The van der Waals surface area contributed by atoms with Crippen LogP contribution in [0.15, 0.2) is 30.9 Å². The first kappa shape index (κ1) is 9.86. The molecule has 0 spiro atoms. The molecule has 0 aliphatic rings. The van der Waals surface area contributed by atoms with Gasteiger partial charge in [0.05, 0.1) is 10.7 Å². The van der Waals surface area contributed by atoms with E-state index in [1.165, 1.54) is 13.3 Å². The first-order chi connectivity index (χ1) is 7.18. The number of ketones is 1. The van der Waals surface area contributed by atoms with E-state index in [1.54, 1.807) is 29.2 Å². The van der Waals surface area contributed by atoms with Crippen molar-refractivity contribution in [1.29, 1.82) is 0 Å². The molecule has 76 valence electrons. The number of rotatable bonds is 2. The van der Waals surface area contributed by atoms with Crippen molar-refractivity contribution in [3.63, 3.8) is 0 Å². The van der Waals surface area contributed by atoms with Crippen molar-refractivity contribution >= 4 is 17.4 Å². The smallest absolute Gasteiger partial charge is 0.159 e. The van der Waals surface area contributed by atoms with Gasteiger partial charge in [0.2, 0.25) is 0 Å². The predicted molar refractivity (Wildman–Crippen MR) is 56.4 cm³/mol. The minimum Gasteiger partial charge on any atom is -0.295 e. The maximum atomic E-state index is 11.1. The van der Waals surface area contributed by atoms with Crippen molar-refractivity contribution in [3.8, 4) is 5.69 Å². The van der Waals surface area contributed by atoms with E-state index in [2.05, 4.69) is 10.1 Å². The lowest BCUT2D eigenvalue weighted by atomic mass is 10.1. The van der Waals surface area contributed by atoms with Gasteiger partial charge >= 0.3 is 0 Å². The van der Waals surface area contributed by atoms with Gasteiger partial charge < -0.3 is 0 Å². The van der Waals surface area contributed by atoms with E-state index in [9.17, 15) is 4.79 Å². The van der Waals surface area contributed by atoms with Gasteiger partial charge in [0.1, 0.15) is 12.7 Å². The fourth-order valence-corrected chi connectivity index (χ4v) is 1.51. The lowest BCUT2D eigenvalue weighted by Gasteiger charge is -2.04. The Morgan fingerprint density at radius 3 is 2.80 bits per heavy atom. The molecule has 1 aromatic heterocycles. The van der Waals surface area contributed by atoms with Crippen LogP contribution in [0.5, 0.6) is 0 Å². The third-order valence-corrected chi connectivity index (χ3v) is 2.32. The Morgan fingerprint density at radius 2 is 2.27 bits per heavy atom. The molecule has 0 radical (unpaired) electrons. The van der Waals surface area contributed by atoms with Gasteiger partial charge in [-0.05, 0) is 25.1 Å². The topological polar surface area (TPSA) is 47.8 Å². The van der Waals surface area contributed by atoms with Crippen LogP contribution >= 0.6 is 11.6 Å². The van der Waals surface area contributed by atoms with Crippen LogP contribution < -0.4 is 0 Å². The lowest BCUT2D eigenvalue weighted by Crippen LogP contribution is -1.98. The maximum Gasteiger partial charge on any atom is 0.159 e. The number of halogens is 1. The molecule has 0 N–H and O–H groups in total. The number of hydrogen-bond acceptors (Lipinski definition) is 3. The molecule has 0 aliphatic carbocycles. The predicted octanol–water partition coefficient (Wildman–Crippen LogP) is 2.12. The number of carbonyl (C=O) groups is 1. The van der Waals surface area contributed by atoms with E-state index in [0.717, 1.165) is 0 Å². The molecule has 0 unspecified atom stereocenters. The fraction of sp³-hybridized carbons (Fsp3) is 0.100. The third-order valence-electron chi connectivity index (χ3n) is 2.02. The molecule has 1 heterocycles. The molecule has 0 aliphatic heterocycles. The van der Waals surface area contributed by atoms with Gasteiger partial charge in [0.15, 0.2) is 5.78 Å². The first-order valence-corrected chi connectivity index (χ1v) is 4.72. The van der Waals surface area contributed by atoms with E-state index >= 15 is 0 Å². The van der Waals surface area contributed by atoms with E-state index in [1.807, 2.05) is 0 Å². The van der Waals surface area contributed by atoms with Crippen LogP contribution in [0, 0.1) is 0 Å². The zero-order valence-electron chi connectivity index (χ0n) is 8.01. The summed E-state index contributed by atoms with van der Waals surface area (Å²) in [6.07, 6.45) is 2.98. The average molecular weight is 222 g/mol. The Bertz CT molecular complexity index is 493. The normalized spacial score (nSPS) is 10.3. The van der Waals surface area contributed by atoms with Crippen LogP contribution in [0.2, 0.25) is 5.02 Å². The number of carbonyl (C=O) groups excluding carboxylic acids is 1. The highest BCUT2D eigenvalue weighted by atomic mass is 35.5. The van der Waals surface area contributed by atoms with Crippen molar-refractivity contribution in [2.45, 2.75) is 6.92 Å². The Morgan fingerprint density at radius 1 is 1.47 bits per heavy atom. The molecule has 1 aromatic carbocycles. The summed E-state index contributed by atoms with van der Waals surface area (Å²) in [6, 6.07) is 5.08. The van der Waals surface area contributed by atoms with Crippen molar-refractivity contribution in [2.75, 3.05) is 0 Å². The highest BCUT2D eigenvalue weighted by Crippen LogP contribution is 2.21.